The van der Waals surface area contributed by atoms with E-state index in [2.05, 4.69) is 5.32 Å². The van der Waals surface area contributed by atoms with Crippen molar-refractivity contribution >= 4 is 11.7 Å². The minimum absolute atomic E-state index is 0.209. The number of aromatic hydroxyl groups is 1. The maximum Gasteiger partial charge on any atom is 0.338 e. The summed E-state index contributed by atoms with van der Waals surface area (Å²) < 4.78 is 16.1. The largest absolute Gasteiger partial charge is 0.502 e. The van der Waals surface area contributed by atoms with Gasteiger partial charge in [0.25, 0.3) is 10.9 Å². The predicted octanol–water partition coefficient (Wildman–Crippen LogP) is -0.122. The van der Waals surface area contributed by atoms with Crippen LogP contribution in [-0.4, -0.2) is 69.8 Å². The zero-order valence-electron chi connectivity index (χ0n) is 18.7. The normalized spacial score (nSPS) is 24.7. The molecule has 2 aromatic carbocycles. The van der Waals surface area contributed by atoms with Gasteiger partial charge in [0.05, 0.1) is 11.7 Å². The first kappa shape index (κ1) is 26.3. The summed E-state index contributed by atoms with van der Waals surface area (Å²) in [5.41, 5.74) is -1.96. The van der Waals surface area contributed by atoms with E-state index in [1.807, 2.05) is 13.8 Å². The number of carbonyl (C=O) groups is 1. The van der Waals surface area contributed by atoms with Crippen LogP contribution >= 0.6 is 0 Å². The Morgan fingerprint density at radius 2 is 1.64 bits per heavy atom. The molecule has 0 amide bonds. The first-order valence-corrected chi connectivity index (χ1v) is 10.5. The van der Waals surface area contributed by atoms with Crippen LogP contribution in [0.5, 0.6) is 11.5 Å². The van der Waals surface area contributed by atoms with Gasteiger partial charge in [-0.05, 0) is 38.1 Å². The van der Waals surface area contributed by atoms with Crippen LogP contribution in [0.2, 0.25) is 0 Å². The van der Waals surface area contributed by atoms with E-state index in [-0.39, 0.29) is 29.6 Å². The van der Waals surface area contributed by atoms with Gasteiger partial charge in [-0.25, -0.2) is 4.79 Å². The molecule has 0 saturated carbocycles. The topological polar surface area (TPSA) is 172 Å². The quantitative estimate of drug-likeness (QED) is 0.271. The van der Waals surface area contributed by atoms with Gasteiger partial charge in [-0.1, -0.05) is 13.8 Å². The van der Waals surface area contributed by atoms with Gasteiger partial charge in [0.15, 0.2) is 5.75 Å². The summed E-state index contributed by atoms with van der Waals surface area (Å²) in [6.45, 7) is 7.18. The Labute approximate surface area is 189 Å². The fourth-order valence-corrected chi connectivity index (χ4v) is 3.01. The molecule has 1 aliphatic heterocycles. The van der Waals surface area contributed by atoms with Crippen LogP contribution in [0, 0.1) is 0 Å². The lowest BCUT2D eigenvalue weighted by molar-refractivity contribution is -0.269. The van der Waals surface area contributed by atoms with Gasteiger partial charge in [-0.15, -0.1) is 0 Å². The zero-order valence-corrected chi connectivity index (χ0v) is 18.7. The van der Waals surface area contributed by atoms with Gasteiger partial charge in [0.2, 0.25) is 6.29 Å². The smallest absolute Gasteiger partial charge is 0.338 e. The first-order chi connectivity index (χ1) is 15.6. The molecule has 33 heavy (non-hydrogen) atoms. The van der Waals surface area contributed by atoms with Gasteiger partial charge in [-0.2, -0.15) is 0 Å². The van der Waals surface area contributed by atoms with E-state index in [1.54, 1.807) is 13.8 Å². The molecule has 182 valence electrons. The molecule has 11 heteroatoms. The third-order valence-electron chi connectivity index (χ3n) is 4.72. The summed E-state index contributed by atoms with van der Waals surface area (Å²) in [5.74, 6) is -1.03. The van der Waals surface area contributed by atoms with Crippen molar-refractivity contribution in [1.29, 1.82) is 0 Å². The SMILES string of the molecule is CC.CC(C)OC(=O)c1ccc(O[C@H]2OC(CNc3c(O)c(=O)c3=O)[C@@H](O)C(O)C2O)cc1. The lowest BCUT2D eigenvalue weighted by atomic mass is 9.98. The second-order valence-electron chi connectivity index (χ2n) is 7.37. The number of aliphatic hydroxyl groups is 3. The Morgan fingerprint density at radius 3 is 2.18 bits per heavy atom. The van der Waals surface area contributed by atoms with Crippen molar-refractivity contribution in [2.24, 2.45) is 0 Å². The molecule has 1 saturated heterocycles. The molecule has 0 aliphatic carbocycles. The first-order valence-electron chi connectivity index (χ1n) is 10.5. The second kappa shape index (κ2) is 11.2. The van der Waals surface area contributed by atoms with Gasteiger partial charge in [0, 0.05) is 6.54 Å². The van der Waals surface area contributed by atoms with Crippen molar-refractivity contribution in [1.82, 2.24) is 0 Å². The van der Waals surface area contributed by atoms with Gasteiger partial charge in [-0.3, -0.25) is 9.59 Å². The fraction of sp³-hybridized carbons (Fsp3) is 0.500. The van der Waals surface area contributed by atoms with E-state index in [4.69, 9.17) is 14.2 Å². The van der Waals surface area contributed by atoms with Crippen LogP contribution in [0.25, 0.3) is 0 Å². The van der Waals surface area contributed by atoms with E-state index in [0.717, 1.165) is 0 Å². The number of hydrogen-bond donors (Lipinski definition) is 5. The van der Waals surface area contributed by atoms with E-state index in [1.165, 1.54) is 24.3 Å². The molecule has 3 unspecified atom stereocenters. The zero-order chi connectivity index (χ0) is 24.9. The molecule has 0 radical (unpaired) electrons. The Morgan fingerprint density at radius 1 is 1.03 bits per heavy atom. The second-order valence-corrected chi connectivity index (χ2v) is 7.37. The molecular weight excluding hydrogens is 438 g/mol. The Hall–Kier alpha value is -2.99. The highest BCUT2D eigenvalue weighted by Crippen LogP contribution is 2.25. The van der Waals surface area contributed by atoms with Crippen molar-refractivity contribution in [3.8, 4) is 11.5 Å². The van der Waals surface area contributed by atoms with Crippen LogP contribution in [0.3, 0.4) is 0 Å². The molecule has 1 fully saturated rings. The third kappa shape index (κ3) is 5.88. The highest BCUT2D eigenvalue weighted by molar-refractivity contribution is 5.89. The van der Waals surface area contributed by atoms with Gasteiger partial charge in [0.1, 0.15) is 35.9 Å². The summed E-state index contributed by atoms with van der Waals surface area (Å²) in [6.07, 6.45) is -7.58. The average Bonchev–Trinajstić information content (AvgIpc) is 2.81. The number of aliphatic hydroxyl groups excluding tert-OH is 3. The molecule has 2 aromatic rings. The fourth-order valence-electron chi connectivity index (χ4n) is 3.01. The van der Waals surface area contributed by atoms with Crippen molar-refractivity contribution in [3.05, 3.63) is 50.3 Å². The predicted molar refractivity (Wildman–Crippen MR) is 117 cm³/mol. The van der Waals surface area contributed by atoms with Crippen LogP contribution in [0.4, 0.5) is 5.69 Å². The van der Waals surface area contributed by atoms with Gasteiger partial charge < -0.3 is 40.0 Å². The number of anilines is 1. The average molecular weight is 467 g/mol. The maximum atomic E-state index is 11.9. The Balaban J connectivity index is 0.00000187. The van der Waals surface area contributed by atoms with E-state index >= 15 is 0 Å². The molecule has 0 spiro atoms. The summed E-state index contributed by atoms with van der Waals surface area (Å²) in [5, 5.41) is 42.3. The Bertz CT molecular complexity index is 996. The summed E-state index contributed by atoms with van der Waals surface area (Å²) in [7, 11) is 0. The highest BCUT2D eigenvalue weighted by atomic mass is 16.7. The lowest BCUT2D eigenvalue weighted by Crippen LogP contribution is -2.60. The van der Waals surface area contributed by atoms with Crippen molar-refractivity contribution in [2.75, 3.05) is 11.9 Å². The van der Waals surface area contributed by atoms with Crippen molar-refractivity contribution < 1.29 is 39.4 Å². The highest BCUT2D eigenvalue weighted by Gasteiger charge is 2.45. The van der Waals surface area contributed by atoms with Crippen LogP contribution in [-0.2, 0) is 9.47 Å². The molecule has 11 nitrogen and oxygen atoms in total. The number of hydrogen-bond acceptors (Lipinski definition) is 11. The van der Waals surface area contributed by atoms with Crippen molar-refractivity contribution in [2.45, 2.75) is 64.5 Å². The van der Waals surface area contributed by atoms with E-state index in [0.29, 0.717) is 0 Å². The maximum absolute atomic E-state index is 11.9. The molecular formula is C22H29NO10. The van der Waals surface area contributed by atoms with E-state index < -0.39 is 53.3 Å². The molecule has 5 atom stereocenters. The lowest BCUT2D eigenvalue weighted by Gasteiger charge is -2.40. The molecule has 0 aromatic heterocycles. The molecule has 5 N–H and O–H groups in total. The summed E-state index contributed by atoms with van der Waals surface area (Å²) >= 11 is 0. The number of rotatable bonds is 7. The number of esters is 1. The summed E-state index contributed by atoms with van der Waals surface area (Å²) in [6, 6.07) is 5.79. The minimum Gasteiger partial charge on any atom is -0.502 e. The van der Waals surface area contributed by atoms with Gasteiger partial charge >= 0.3 is 5.97 Å². The standard InChI is InChI=1S/C20H23NO10.C2H6/c1-8(2)29-19(28)9-3-5-10(6-4-9)30-20-18(27)16(25)13(22)11(31-20)7-21-12-14(23)17(26)15(12)24;1-2/h3-6,8,11,13,16,18,20-23,25,27H,7H2,1-2H3;1-2H3/t11?,13-,16?,18?,20+;/m1./s1. The third-order valence-corrected chi connectivity index (χ3v) is 4.72. The molecule has 1 heterocycles. The van der Waals surface area contributed by atoms with E-state index in [9.17, 15) is 34.8 Å². The monoisotopic (exact) mass is 467 g/mol. The van der Waals surface area contributed by atoms with Crippen LogP contribution in [0.15, 0.2) is 33.9 Å². The molecule has 3 rings (SSSR count). The number of carbonyl (C=O) groups excluding carboxylic acids is 1. The minimum atomic E-state index is -1.63. The number of benzene rings is 1. The molecule has 1 aliphatic rings. The van der Waals surface area contributed by atoms with Crippen LogP contribution in [0.1, 0.15) is 38.1 Å². The van der Waals surface area contributed by atoms with Crippen LogP contribution < -0.4 is 20.9 Å². The number of ether oxygens (including phenoxy) is 3. The molecule has 0 bridgehead atoms. The summed E-state index contributed by atoms with van der Waals surface area (Å²) in [4.78, 5) is 34.3. The Kier molecular flexibility index (Phi) is 8.94. The number of nitrogens with one attached hydrogen (secondary N) is 1. The van der Waals surface area contributed by atoms with Crippen molar-refractivity contribution in [3.63, 3.8) is 0 Å².